The summed E-state index contributed by atoms with van der Waals surface area (Å²) in [5.41, 5.74) is 0.726. The van der Waals surface area contributed by atoms with Crippen molar-refractivity contribution in [2.75, 3.05) is 6.61 Å². The molecule has 0 radical (unpaired) electrons. The molecule has 0 bridgehead atoms. The van der Waals surface area contributed by atoms with Crippen LogP contribution in [0.4, 0.5) is 4.79 Å². The van der Waals surface area contributed by atoms with E-state index in [9.17, 15) is 9.59 Å². The van der Waals surface area contributed by atoms with Gasteiger partial charge in [-0.05, 0) is 36.0 Å². The van der Waals surface area contributed by atoms with E-state index in [1.54, 1.807) is 18.2 Å². The maximum absolute atomic E-state index is 11.5. The van der Waals surface area contributed by atoms with Gasteiger partial charge >= 0.3 is 0 Å². The minimum Gasteiger partial charge on any atom is -0.489 e. The van der Waals surface area contributed by atoms with Crippen molar-refractivity contribution < 1.29 is 14.3 Å². The summed E-state index contributed by atoms with van der Waals surface area (Å²) in [6, 6.07) is 5.45. The molecule has 1 N–H and O–H groups in total. The fraction of sp³-hybridized carbons (Fsp3) is 0.0769. The molecule has 1 aromatic rings. The van der Waals surface area contributed by atoms with Crippen molar-refractivity contribution in [2.45, 2.75) is 0 Å². The number of nitrogens with one attached hydrogen (secondary N) is 1. The highest BCUT2D eigenvalue weighted by Gasteiger charge is 2.25. The van der Waals surface area contributed by atoms with E-state index in [4.69, 9.17) is 4.74 Å². The Balaban J connectivity index is 2.35. The minimum absolute atomic E-state index is 0.353. The first-order chi connectivity index (χ1) is 9.10. The lowest BCUT2D eigenvalue weighted by molar-refractivity contribution is -0.115. The van der Waals surface area contributed by atoms with E-state index in [1.165, 1.54) is 0 Å². The normalized spacial score (nSPS) is 16.6. The molecule has 0 aliphatic carbocycles. The Labute approximate surface area is 123 Å². The third kappa shape index (κ3) is 3.48. The standard InChI is InChI=1S/C13H10BrNO3S/c1-2-5-18-10-4-3-9(14)6-8(10)7-11-12(16)15-13(17)19-11/h2-4,6-7H,1,5H2,(H,15,16,17)/b11-7+. The van der Waals surface area contributed by atoms with Crippen molar-refractivity contribution in [2.24, 2.45) is 0 Å². The minimum atomic E-state index is -0.385. The van der Waals surface area contributed by atoms with Gasteiger partial charge in [-0.15, -0.1) is 0 Å². The van der Waals surface area contributed by atoms with Crippen LogP contribution in [0.1, 0.15) is 5.56 Å². The van der Waals surface area contributed by atoms with Gasteiger partial charge in [0.05, 0.1) is 4.91 Å². The maximum atomic E-state index is 11.5. The Morgan fingerprint density at radius 3 is 2.84 bits per heavy atom. The van der Waals surface area contributed by atoms with Crippen molar-refractivity contribution in [1.82, 2.24) is 5.32 Å². The molecule has 1 aromatic carbocycles. The summed E-state index contributed by atoms with van der Waals surface area (Å²) in [5, 5.41) is 1.85. The number of rotatable bonds is 4. The molecule has 98 valence electrons. The number of carbonyl (C=O) groups excluding carboxylic acids is 2. The van der Waals surface area contributed by atoms with E-state index in [1.807, 2.05) is 12.1 Å². The largest absolute Gasteiger partial charge is 0.489 e. The predicted molar refractivity (Wildman–Crippen MR) is 78.9 cm³/mol. The number of amides is 2. The van der Waals surface area contributed by atoms with Crippen molar-refractivity contribution in [3.8, 4) is 5.75 Å². The van der Waals surface area contributed by atoms with Crippen LogP contribution in [0.2, 0.25) is 0 Å². The molecule has 2 rings (SSSR count). The van der Waals surface area contributed by atoms with Gasteiger partial charge in [0, 0.05) is 10.0 Å². The van der Waals surface area contributed by atoms with Gasteiger partial charge in [-0.25, -0.2) is 0 Å². The second-order valence-corrected chi connectivity index (χ2v) is 5.56. The highest BCUT2D eigenvalue weighted by atomic mass is 79.9. The molecule has 0 spiro atoms. The lowest BCUT2D eigenvalue weighted by atomic mass is 10.2. The van der Waals surface area contributed by atoms with E-state index >= 15 is 0 Å². The summed E-state index contributed by atoms with van der Waals surface area (Å²) < 4.78 is 6.37. The average Bonchev–Trinajstić information content (AvgIpc) is 2.67. The Bertz CT molecular complexity index is 583. The maximum Gasteiger partial charge on any atom is 0.290 e. The number of ether oxygens (including phenoxy) is 1. The smallest absolute Gasteiger partial charge is 0.290 e. The third-order valence-electron chi connectivity index (χ3n) is 2.26. The lowest BCUT2D eigenvalue weighted by Crippen LogP contribution is -2.17. The molecule has 19 heavy (non-hydrogen) atoms. The molecular formula is C13H10BrNO3S. The zero-order valence-corrected chi connectivity index (χ0v) is 12.2. The summed E-state index contributed by atoms with van der Waals surface area (Å²) in [6.45, 7) is 3.96. The van der Waals surface area contributed by atoms with Gasteiger partial charge in [0.25, 0.3) is 11.1 Å². The van der Waals surface area contributed by atoms with Gasteiger partial charge in [0.15, 0.2) is 0 Å². The average molecular weight is 340 g/mol. The summed E-state index contributed by atoms with van der Waals surface area (Å²) in [6.07, 6.45) is 3.27. The topological polar surface area (TPSA) is 55.4 Å². The monoisotopic (exact) mass is 339 g/mol. The summed E-state index contributed by atoms with van der Waals surface area (Å²) in [7, 11) is 0. The molecule has 4 nitrogen and oxygen atoms in total. The number of imide groups is 1. The first-order valence-electron chi connectivity index (χ1n) is 5.38. The fourth-order valence-electron chi connectivity index (χ4n) is 1.47. The van der Waals surface area contributed by atoms with Gasteiger partial charge < -0.3 is 4.74 Å². The molecule has 6 heteroatoms. The molecule has 1 fully saturated rings. The number of benzene rings is 1. The van der Waals surface area contributed by atoms with E-state index in [0.29, 0.717) is 17.3 Å². The van der Waals surface area contributed by atoms with E-state index in [-0.39, 0.29) is 11.1 Å². The molecule has 0 aromatic heterocycles. The second kappa shape index (κ2) is 6.08. The van der Waals surface area contributed by atoms with Crippen LogP contribution in [-0.2, 0) is 4.79 Å². The van der Waals surface area contributed by atoms with Crippen LogP contribution < -0.4 is 10.1 Å². The number of thioether (sulfide) groups is 1. The first-order valence-corrected chi connectivity index (χ1v) is 6.99. The molecule has 0 atom stereocenters. The Hall–Kier alpha value is -1.53. The van der Waals surface area contributed by atoms with Crippen LogP contribution in [0.15, 0.2) is 40.2 Å². The summed E-state index contributed by atoms with van der Waals surface area (Å²) >= 11 is 4.24. The van der Waals surface area contributed by atoms with Gasteiger partial charge in [0.2, 0.25) is 0 Å². The summed E-state index contributed by atoms with van der Waals surface area (Å²) in [5.74, 6) is 0.244. The quantitative estimate of drug-likeness (QED) is 0.675. The molecule has 0 unspecified atom stereocenters. The molecule has 1 aliphatic heterocycles. The van der Waals surface area contributed by atoms with Crippen molar-refractivity contribution in [3.63, 3.8) is 0 Å². The van der Waals surface area contributed by atoms with Crippen LogP contribution in [0.5, 0.6) is 5.75 Å². The van der Waals surface area contributed by atoms with Crippen molar-refractivity contribution in [3.05, 3.63) is 45.8 Å². The highest BCUT2D eigenvalue weighted by Crippen LogP contribution is 2.30. The van der Waals surface area contributed by atoms with E-state index in [2.05, 4.69) is 27.8 Å². The van der Waals surface area contributed by atoms with E-state index in [0.717, 1.165) is 21.8 Å². The third-order valence-corrected chi connectivity index (χ3v) is 3.56. The number of carbonyl (C=O) groups is 2. The van der Waals surface area contributed by atoms with Crippen molar-refractivity contribution in [1.29, 1.82) is 0 Å². The lowest BCUT2D eigenvalue weighted by Gasteiger charge is -2.08. The van der Waals surface area contributed by atoms with E-state index < -0.39 is 0 Å². The Morgan fingerprint density at radius 2 is 2.21 bits per heavy atom. The van der Waals surface area contributed by atoms with Crippen LogP contribution in [-0.4, -0.2) is 17.8 Å². The van der Waals surface area contributed by atoms with Gasteiger partial charge in [-0.1, -0.05) is 28.6 Å². The van der Waals surface area contributed by atoms with Crippen LogP contribution in [0.3, 0.4) is 0 Å². The zero-order chi connectivity index (χ0) is 13.8. The van der Waals surface area contributed by atoms with Crippen LogP contribution >= 0.6 is 27.7 Å². The number of halogens is 1. The van der Waals surface area contributed by atoms with Crippen molar-refractivity contribution >= 4 is 44.9 Å². The SMILES string of the molecule is C=CCOc1ccc(Br)cc1/C=C1/SC(=O)NC1=O. The Kier molecular flexibility index (Phi) is 4.44. The predicted octanol–water partition coefficient (Wildman–Crippen LogP) is 3.34. The molecule has 1 heterocycles. The zero-order valence-electron chi connectivity index (χ0n) is 9.81. The van der Waals surface area contributed by atoms with Gasteiger partial charge in [-0.3, -0.25) is 14.9 Å². The molecular weight excluding hydrogens is 330 g/mol. The molecule has 0 saturated carbocycles. The van der Waals surface area contributed by atoms with Crippen LogP contribution in [0.25, 0.3) is 6.08 Å². The molecule has 2 amide bonds. The highest BCUT2D eigenvalue weighted by molar-refractivity contribution is 9.10. The number of hydrogen-bond donors (Lipinski definition) is 1. The second-order valence-electron chi connectivity index (χ2n) is 3.63. The Morgan fingerprint density at radius 1 is 1.42 bits per heavy atom. The first kappa shape index (κ1) is 13.9. The number of hydrogen-bond acceptors (Lipinski definition) is 4. The van der Waals surface area contributed by atoms with Gasteiger partial charge in [-0.2, -0.15) is 0 Å². The summed E-state index contributed by atoms with van der Waals surface area (Å²) in [4.78, 5) is 23.0. The molecule has 1 aliphatic rings. The van der Waals surface area contributed by atoms with Crippen LogP contribution in [0, 0.1) is 0 Å². The fourth-order valence-corrected chi connectivity index (χ4v) is 2.53. The molecule has 1 saturated heterocycles. The van der Waals surface area contributed by atoms with Gasteiger partial charge in [0.1, 0.15) is 12.4 Å².